The smallest absolute Gasteiger partial charge is 0.257 e. The van der Waals surface area contributed by atoms with Crippen molar-refractivity contribution in [2.24, 2.45) is 0 Å². The Morgan fingerprint density at radius 2 is 1.96 bits per heavy atom. The lowest BCUT2D eigenvalue weighted by Crippen LogP contribution is -2.46. The topological polar surface area (TPSA) is 53.0 Å². The van der Waals surface area contributed by atoms with Crippen LogP contribution >= 0.6 is 0 Å². The van der Waals surface area contributed by atoms with Crippen molar-refractivity contribution in [1.29, 1.82) is 0 Å². The third-order valence-electron chi connectivity index (χ3n) is 4.26. The number of benzene rings is 2. The predicted molar refractivity (Wildman–Crippen MR) is 93.8 cm³/mol. The fraction of sp³-hybridized carbons (Fsp3) is 0.316. The van der Waals surface area contributed by atoms with Gasteiger partial charge in [-0.05, 0) is 31.2 Å². The molecular weight excluding hydrogens is 304 g/mol. The molecule has 1 heterocycles. The zero-order valence-corrected chi connectivity index (χ0v) is 14.0. The quantitative estimate of drug-likeness (QED) is 0.939. The highest BCUT2D eigenvalue weighted by atomic mass is 16.5. The predicted octanol–water partition coefficient (Wildman–Crippen LogP) is 2.75. The fourth-order valence-corrected chi connectivity index (χ4v) is 3.02. The molecule has 0 unspecified atom stereocenters. The summed E-state index contributed by atoms with van der Waals surface area (Å²) in [6.07, 6.45) is -0.111. The summed E-state index contributed by atoms with van der Waals surface area (Å²) in [5.74, 6) is 0.636. The van der Waals surface area contributed by atoms with Crippen molar-refractivity contribution in [2.45, 2.75) is 13.0 Å². The van der Waals surface area contributed by atoms with Crippen LogP contribution in [0.1, 0.15) is 17.3 Å². The molecular formula is C19H22N2O3. The van der Waals surface area contributed by atoms with Crippen LogP contribution in [0.15, 0.2) is 48.5 Å². The third kappa shape index (κ3) is 3.15. The van der Waals surface area contributed by atoms with E-state index in [0.717, 1.165) is 24.5 Å². The number of amides is 1. The Morgan fingerprint density at radius 1 is 1.25 bits per heavy atom. The number of nitrogens with zero attached hydrogens (tertiary/aromatic N) is 2. The van der Waals surface area contributed by atoms with Crippen molar-refractivity contribution in [1.82, 2.24) is 4.90 Å². The Hall–Kier alpha value is -2.69. The first-order valence-electron chi connectivity index (χ1n) is 8.14. The number of rotatable bonds is 4. The number of ether oxygens (including phenoxy) is 1. The van der Waals surface area contributed by atoms with Gasteiger partial charge in [-0.3, -0.25) is 4.79 Å². The molecule has 24 heavy (non-hydrogen) atoms. The summed E-state index contributed by atoms with van der Waals surface area (Å²) in [6, 6.07) is 14.5. The highest BCUT2D eigenvalue weighted by Crippen LogP contribution is 2.33. The van der Waals surface area contributed by atoms with Gasteiger partial charge in [0.1, 0.15) is 17.6 Å². The first-order valence-corrected chi connectivity index (χ1v) is 8.14. The maximum Gasteiger partial charge on any atom is 0.257 e. The Morgan fingerprint density at radius 3 is 2.71 bits per heavy atom. The van der Waals surface area contributed by atoms with Crippen LogP contribution in [0.25, 0.3) is 0 Å². The van der Waals surface area contributed by atoms with Gasteiger partial charge in [0.15, 0.2) is 0 Å². The largest absolute Gasteiger partial charge is 0.507 e. The molecule has 0 spiro atoms. The molecule has 0 radical (unpaired) electrons. The standard InChI is InChI=1S/C19H22N2O3/c1-3-21-13-14(24-18-11-7-5-9-16(18)21)12-20(2)19(23)15-8-4-6-10-17(15)22/h4-11,14,22H,3,12-13H2,1-2H3/t14-/m1/s1. The molecule has 1 aliphatic rings. The number of fused-ring (bicyclic) bond motifs is 1. The number of carbonyl (C=O) groups is 1. The van der Waals surface area contributed by atoms with Gasteiger partial charge in [-0.15, -0.1) is 0 Å². The molecule has 1 amide bonds. The molecule has 1 atom stereocenters. The minimum Gasteiger partial charge on any atom is -0.507 e. The molecule has 0 saturated carbocycles. The van der Waals surface area contributed by atoms with Crippen molar-refractivity contribution in [3.63, 3.8) is 0 Å². The Kier molecular flexibility index (Phi) is 4.60. The van der Waals surface area contributed by atoms with Crippen LogP contribution in [0.5, 0.6) is 11.5 Å². The van der Waals surface area contributed by atoms with Gasteiger partial charge in [0.25, 0.3) is 5.91 Å². The van der Waals surface area contributed by atoms with E-state index in [1.807, 2.05) is 24.3 Å². The maximum atomic E-state index is 12.5. The van der Waals surface area contributed by atoms with E-state index in [9.17, 15) is 9.90 Å². The summed E-state index contributed by atoms with van der Waals surface area (Å²) in [7, 11) is 1.73. The molecule has 126 valence electrons. The molecule has 5 heteroatoms. The van der Waals surface area contributed by atoms with Crippen LogP contribution in [0.3, 0.4) is 0 Å². The number of likely N-dealkylation sites (N-methyl/N-ethyl adjacent to an activating group) is 2. The maximum absolute atomic E-state index is 12.5. The first-order chi connectivity index (χ1) is 11.6. The van der Waals surface area contributed by atoms with Gasteiger partial charge < -0.3 is 19.6 Å². The SMILES string of the molecule is CCN1C[C@@H](CN(C)C(=O)c2ccccc2O)Oc2ccccc21. The Bertz CT molecular complexity index is 732. The Balaban J connectivity index is 1.72. The summed E-state index contributed by atoms with van der Waals surface area (Å²) in [4.78, 5) is 16.4. The average molecular weight is 326 g/mol. The number of aromatic hydroxyl groups is 1. The molecule has 0 aliphatic carbocycles. The van der Waals surface area contributed by atoms with Gasteiger partial charge in [0.2, 0.25) is 0 Å². The summed E-state index contributed by atoms with van der Waals surface area (Å²) in [5.41, 5.74) is 1.40. The molecule has 2 aromatic rings. The van der Waals surface area contributed by atoms with Crippen molar-refractivity contribution in [3.05, 3.63) is 54.1 Å². The van der Waals surface area contributed by atoms with Crippen LogP contribution in [0.2, 0.25) is 0 Å². The number of anilines is 1. The highest BCUT2D eigenvalue weighted by molar-refractivity contribution is 5.96. The minimum absolute atomic E-state index is 0.000516. The van der Waals surface area contributed by atoms with E-state index >= 15 is 0 Å². The summed E-state index contributed by atoms with van der Waals surface area (Å²) in [6.45, 7) is 4.17. The Labute approximate surface area is 142 Å². The second kappa shape index (κ2) is 6.83. The van der Waals surface area contributed by atoms with E-state index in [1.165, 1.54) is 6.07 Å². The molecule has 0 aromatic heterocycles. The van der Waals surface area contributed by atoms with Gasteiger partial charge in [-0.25, -0.2) is 0 Å². The van der Waals surface area contributed by atoms with Crippen molar-refractivity contribution < 1.29 is 14.6 Å². The second-order valence-electron chi connectivity index (χ2n) is 5.95. The fourth-order valence-electron chi connectivity index (χ4n) is 3.02. The number of carbonyl (C=O) groups excluding carboxylic acids is 1. The summed E-state index contributed by atoms with van der Waals surface area (Å²) >= 11 is 0. The zero-order valence-electron chi connectivity index (χ0n) is 14.0. The summed E-state index contributed by atoms with van der Waals surface area (Å²) in [5, 5.41) is 9.86. The van der Waals surface area contributed by atoms with E-state index in [-0.39, 0.29) is 17.8 Å². The average Bonchev–Trinajstić information content (AvgIpc) is 2.60. The van der Waals surface area contributed by atoms with Crippen LogP contribution in [0.4, 0.5) is 5.69 Å². The van der Waals surface area contributed by atoms with E-state index in [2.05, 4.69) is 11.8 Å². The van der Waals surface area contributed by atoms with Crippen LogP contribution in [0, 0.1) is 0 Å². The summed E-state index contributed by atoms with van der Waals surface area (Å²) < 4.78 is 6.05. The molecule has 2 aromatic carbocycles. The van der Waals surface area contributed by atoms with Crippen molar-refractivity contribution >= 4 is 11.6 Å². The molecule has 1 N–H and O–H groups in total. The lowest BCUT2D eigenvalue weighted by Gasteiger charge is -2.37. The molecule has 5 nitrogen and oxygen atoms in total. The van der Waals surface area contributed by atoms with E-state index in [1.54, 1.807) is 30.1 Å². The van der Waals surface area contributed by atoms with E-state index in [0.29, 0.717) is 12.1 Å². The van der Waals surface area contributed by atoms with E-state index in [4.69, 9.17) is 4.74 Å². The third-order valence-corrected chi connectivity index (χ3v) is 4.26. The van der Waals surface area contributed by atoms with Gasteiger partial charge >= 0.3 is 0 Å². The second-order valence-corrected chi connectivity index (χ2v) is 5.95. The normalized spacial score (nSPS) is 16.2. The van der Waals surface area contributed by atoms with Crippen LogP contribution < -0.4 is 9.64 Å². The highest BCUT2D eigenvalue weighted by Gasteiger charge is 2.27. The number of hydrogen-bond donors (Lipinski definition) is 1. The zero-order chi connectivity index (χ0) is 17.1. The molecule has 1 aliphatic heterocycles. The van der Waals surface area contributed by atoms with Gasteiger partial charge in [-0.1, -0.05) is 24.3 Å². The monoisotopic (exact) mass is 326 g/mol. The number of phenolic OH excluding ortho intramolecular Hbond substituents is 1. The molecule has 3 rings (SSSR count). The van der Waals surface area contributed by atoms with Gasteiger partial charge in [-0.2, -0.15) is 0 Å². The van der Waals surface area contributed by atoms with E-state index < -0.39 is 0 Å². The molecule has 0 fully saturated rings. The van der Waals surface area contributed by atoms with Crippen molar-refractivity contribution in [3.8, 4) is 11.5 Å². The van der Waals surface area contributed by atoms with Gasteiger partial charge in [0, 0.05) is 13.6 Å². The lowest BCUT2D eigenvalue weighted by molar-refractivity contribution is 0.0706. The lowest BCUT2D eigenvalue weighted by atomic mass is 10.1. The first kappa shape index (κ1) is 16.2. The van der Waals surface area contributed by atoms with Crippen molar-refractivity contribution in [2.75, 3.05) is 31.6 Å². The number of phenols is 1. The van der Waals surface area contributed by atoms with Crippen LogP contribution in [-0.2, 0) is 0 Å². The number of para-hydroxylation sites is 3. The minimum atomic E-state index is -0.210. The molecule has 0 bridgehead atoms. The molecule has 0 saturated heterocycles. The number of hydrogen-bond acceptors (Lipinski definition) is 4. The van der Waals surface area contributed by atoms with Crippen LogP contribution in [-0.4, -0.2) is 48.7 Å². The van der Waals surface area contributed by atoms with Gasteiger partial charge in [0.05, 0.1) is 24.3 Å².